The molecule has 0 amide bonds. The topological polar surface area (TPSA) is 18.5 Å². The van der Waals surface area contributed by atoms with Crippen molar-refractivity contribution >= 4 is 16.9 Å². The van der Waals surface area contributed by atoms with E-state index in [1.165, 1.54) is 19.3 Å². The predicted octanol–water partition coefficient (Wildman–Crippen LogP) is 2.07. The summed E-state index contributed by atoms with van der Waals surface area (Å²) in [6.07, 6.45) is 3.76. The molecule has 4 heteroatoms. The van der Waals surface area contributed by atoms with E-state index < -0.39 is 0 Å². The van der Waals surface area contributed by atoms with Crippen LogP contribution in [0, 0.1) is 0 Å². The van der Waals surface area contributed by atoms with Crippen LogP contribution in [0.5, 0.6) is 0 Å². The van der Waals surface area contributed by atoms with Crippen molar-refractivity contribution in [1.29, 1.82) is 0 Å². The summed E-state index contributed by atoms with van der Waals surface area (Å²) >= 11 is 0. The summed E-state index contributed by atoms with van der Waals surface area (Å²) in [5.41, 5.74) is 0. The first-order valence-electron chi connectivity index (χ1n) is 3.79. The summed E-state index contributed by atoms with van der Waals surface area (Å²) in [4.78, 5) is 4.76. The molecule has 0 saturated carbocycles. The van der Waals surface area contributed by atoms with Crippen LogP contribution in [-0.2, 0) is 9.48 Å². The van der Waals surface area contributed by atoms with Gasteiger partial charge in [-0.15, -0.1) is 0 Å². The average molecular weight is 162 g/mol. The van der Waals surface area contributed by atoms with Crippen LogP contribution in [0.4, 0.5) is 0 Å². The van der Waals surface area contributed by atoms with Crippen molar-refractivity contribution < 1.29 is 9.48 Å². The maximum Gasteiger partial charge on any atom is 0.326 e. The van der Waals surface area contributed by atoms with Gasteiger partial charge in [-0.1, -0.05) is 33.1 Å². The van der Waals surface area contributed by atoms with Gasteiger partial charge in [-0.05, 0) is 5.82 Å². The van der Waals surface area contributed by atoms with E-state index in [4.69, 9.17) is 4.81 Å². The Labute approximate surface area is 66.2 Å². The molecule has 0 saturated heterocycles. The summed E-state index contributed by atoms with van der Waals surface area (Å²) in [7, 11) is 2.77. The minimum absolute atomic E-state index is 0.612. The lowest BCUT2D eigenvalue weighted by atomic mass is 9.79. The van der Waals surface area contributed by atoms with Crippen LogP contribution < -0.4 is 0 Å². The highest BCUT2D eigenvalue weighted by atomic mass is 31.0. The van der Waals surface area contributed by atoms with Crippen molar-refractivity contribution in [2.45, 2.75) is 38.9 Å². The number of rotatable bonds is 6. The first kappa shape index (κ1) is 10.4. The molecule has 10 heavy (non-hydrogen) atoms. The smallest absolute Gasteiger partial charge is 0.307 e. The van der Waals surface area contributed by atoms with E-state index in [0.717, 1.165) is 0 Å². The van der Waals surface area contributed by atoms with Crippen molar-refractivity contribution in [2.24, 2.45) is 0 Å². The Bertz CT molecular complexity index is 64.8. The molecule has 0 fully saturated rings. The molecule has 0 aliphatic heterocycles. The lowest BCUT2D eigenvalue weighted by Gasteiger charge is -2.06. The second kappa shape index (κ2) is 7.52. The number of hydrogen-bond acceptors (Lipinski definition) is 2. The molecular formula is C6H16BO2P. The van der Waals surface area contributed by atoms with Gasteiger partial charge in [-0.2, -0.15) is 0 Å². The summed E-state index contributed by atoms with van der Waals surface area (Å²) in [6.45, 7) is 4.36. The Morgan fingerprint density at radius 1 is 1.60 bits per heavy atom. The van der Waals surface area contributed by atoms with E-state index >= 15 is 0 Å². The van der Waals surface area contributed by atoms with Crippen molar-refractivity contribution in [3.05, 3.63) is 0 Å². The van der Waals surface area contributed by atoms with Gasteiger partial charge >= 0.3 is 7.48 Å². The van der Waals surface area contributed by atoms with Gasteiger partial charge in [0.05, 0.1) is 0 Å². The van der Waals surface area contributed by atoms with Gasteiger partial charge in [0.15, 0.2) is 0 Å². The van der Waals surface area contributed by atoms with E-state index in [1.54, 1.807) is 0 Å². The van der Waals surface area contributed by atoms with Gasteiger partial charge in [0, 0.05) is 9.47 Å². The maximum atomic E-state index is 4.76. The van der Waals surface area contributed by atoms with E-state index in [2.05, 4.69) is 28.0 Å². The first-order chi connectivity index (χ1) is 4.81. The summed E-state index contributed by atoms with van der Waals surface area (Å²) in [5.74, 6) is 0.612. The second-order valence-corrected chi connectivity index (χ2v) is 2.82. The van der Waals surface area contributed by atoms with Crippen LogP contribution in [-0.4, -0.2) is 7.48 Å². The molecule has 0 aromatic heterocycles. The summed E-state index contributed by atoms with van der Waals surface area (Å²) in [6, 6.07) is 0. The molecule has 2 nitrogen and oxygen atoms in total. The Morgan fingerprint density at radius 2 is 2.30 bits per heavy atom. The Hall–Kier alpha value is 0.415. The zero-order valence-electron chi connectivity index (χ0n) is 6.80. The van der Waals surface area contributed by atoms with E-state index in [0.29, 0.717) is 13.3 Å². The van der Waals surface area contributed by atoms with Gasteiger partial charge in [-0.3, -0.25) is 0 Å². The van der Waals surface area contributed by atoms with Gasteiger partial charge in [0.1, 0.15) is 0 Å². The maximum absolute atomic E-state index is 4.76. The van der Waals surface area contributed by atoms with Crippen LogP contribution in [0.25, 0.3) is 0 Å². The summed E-state index contributed by atoms with van der Waals surface area (Å²) < 4.78 is 4.41. The molecule has 0 aliphatic rings. The molecule has 60 valence electrons. The van der Waals surface area contributed by atoms with Crippen molar-refractivity contribution in [3.63, 3.8) is 0 Å². The van der Waals surface area contributed by atoms with E-state index in [9.17, 15) is 0 Å². The van der Waals surface area contributed by atoms with Crippen LogP contribution in [0.3, 0.4) is 0 Å². The largest absolute Gasteiger partial charge is 0.326 e. The Kier molecular flexibility index (Phi) is 7.83. The third-order valence-electron chi connectivity index (χ3n) is 1.47. The molecule has 2 unspecified atom stereocenters. The quantitative estimate of drug-likeness (QED) is 0.257. The Balaban J connectivity index is 3.00. The van der Waals surface area contributed by atoms with Crippen molar-refractivity contribution in [1.82, 2.24) is 0 Å². The first-order valence-corrected chi connectivity index (χ1v) is 4.26. The fraction of sp³-hybridized carbons (Fsp3) is 1.00. The monoisotopic (exact) mass is 162 g/mol. The zero-order valence-corrected chi connectivity index (χ0v) is 7.95. The van der Waals surface area contributed by atoms with Crippen molar-refractivity contribution in [3.8, 4) is 0 Å². The predicted molar refractivity (Wildman–Crippen MR) is 48.0 cm³/mol. The SMILES string of the molecule is CCCCC(C)BOOP. The number of unbranched alkanes of at least 4 members (excludes halogenated alkanes) is 1. The fourth-order valence-corrected chi connectivity index (χ4v) is 0.870. The van der Waals surface area contributed by atoms with Crippen LogP contribution in [0.1, 0.15) is 33.1 Å². The highest BCUT2D eigenvalue weighted by Gasteiger charge is 2.03. The van der Waals surface area contributed by atoms with Gasteiger partial charge in [0.2, 0.25) is 0 Å². The molecule has 0 spiro atoms. The second-order valence-electron chi connectivity index (χ2n) is 2.63. The van der Waals surface area contributed by atoms with Gasteiger partial charge in [-0.25, -0.2) is 4.67 Å². The molecule has 0 aromatic rings. The van der Waals surface area contributed by atoms with Crippen LogP contribution in [0.15, 0.2) is 0 Å². The van der Waals surface area contributed by atoms with Crippen LogP contribution >= 0.6 is 9.47 Å². The van der Waals surface area contributed by atoms with Crippen LogP contribution in [0.2, 0.25) is 5.82 Å². The lowest BCUT2D eigenvalue weighted by molar-refractivity contribution is -0.0805. The third kappa shape index (κ3) is 6.53. The van der Waals surface area contributed by atoms with Crippen molar-refractivity contribution in [2.75, 3.05) is 0 Å². The normalized spacial score (nSPS) is 13.1. The molecule has 2 atom stereocenters. The summed E-state index contributed by atoms with van der Waals surface area (Å²) in [5, 5.41) is 0. The molecule has 0 aromatic carbocycles. The van der Waals surface area contributed by atoms with E-state index in [-0.39, 0.29) is 0 Å². The molecule has 0 bridgehead atoms. The zero-order chi connectivity index (χ0) is 7.82. The molecule has 0 heterocycles. The highest BCUT2D eigenvalue weighted by Crippen LogP contribution is 2.12. The van der Waals surface area contributed by atoms with Gasteiger partial charge in [0.25, 0.3) is 0 Å². The Morgan fingerprint density at radius 3 is 2.80 bits per heavy atom. The average Bonchev–Trinajstić information content (AvgIpc) is 1.97. The molecule has 0 N–H and O–H groups in total. The third-order valence-corrected chi connectivity index (χ3v) is 1.61. The fourth-order valence-electron chi connectivity index (χ4n) is 0.791. The van der Waals surface area contributed by atoms with E-state index in [1.807, 2.05) is 0 Å². The highest BCUT2D eigenvalue weighted by molar-refractivity contribution is 7.09. The minimum atomic E-state index is 0.612. The molecule has 0 radical (unpaired) electrons. The standard InChI is InChI=1S/C6H16BO2P/c1-3-4-5-6(2)7-8-9-10/h6-7H,3-5,10H2,1-2H3. The van der Waals surface area contributed by atoms with Gasteiger partial charge < -0.3 is 4.81 Å². The number of hydrogen-bond donors (Lipinski definition) is 0. The molecule has 0 aliphatic carbocycles. The minimum Gasteiger partial charge on any atom is -0.307 e. The lowest BCUT2D eigenvalue weighted by Crippen LogP contribution is -2.02. The molecule has 0 rings (SSSR count). The molecular weight excluding hydrogens is 146 g/mol.